The number of para-hydroxylation sites is 1. The maximum atomic E-state index is 10.5. The van der Waals surface area contributed by atoms with Gasteiger partial charge in [0, 0.05) is 30.3 Å². The topological polar surface area (TPSA) is 82.9 Å². The van der Waals surface area contributed by atoms with Gasteiger partial charge in [0.1, 0.15) is 19.3 Å². The van der Waals surface area contributed by atoms with Crippen LogP contribution in [0.3, 0.4) is 0 Å². The fraction of sp³-hybridized carbons (Fsp3) is 0.368. The summed E-state index contributed by atoms with van der Waals surface area (Å²) in [6, 6.07) is 15.7. The van der Waals surface area contributed by atoms with Gasteiger partial charge in [-0.05, 0) is 11.6 Å². The molecule has 27 heavy (non-hydrogen) atoms. The molecule has 8 heteroatoms. The summed E-state index contributed by atoms with van der Waals surface area (Å²) in [5.74, 6) is 1.24. The minimum absolute atomic E-state index is 0.0127. The monoisotopic (exact) mass is 390 g/mol. The third-order valence-corrected chi connectivity index (χ3v) is 4.47. The molecular formula is C19H22N2O5S. The molecule has 0 bridgehead atoms. The lowest BCUT2D eigenvalue weighted by molar-refractivity contribution is -0.769. The zero-order valence-electron chi connectivity index (χ0n) is 14.7. The van der Waals surface area contributed by atoms with Crippen LogP contribution < -0.4 is 14.8 Å². The number of nitrogens with zero attached hydrogens (tertiary/aromatic N) is 1. The Kier molecular flexibility index (Phi) is 6.78. The Bertz CT molecular complexity index is 759. The van der Waals surface area contributed by atoms with Crippen LogP contribution in [0.1, 0.15) is 11.1 Å². The van der Waals surface area contributed by atoms with E-state index in [0.717, 1.165) is 12.1 Å². The van der Waals surface area contributed by atoms with Crippen molar-refractivity contribution >= 4 is 12.6 Å². The van der Waals surface area contributed by atoms with Crippen LogP contribution in [0.4, 0.5) is 0 Å². The van der Waals surface area contributed by atoms with Crippen molar-refractivity contribution in [1.29, 1.82) is 0 Å². The van der Waals surface area contributed by atoms with Crippen LogP contribution in [0.25, 0.3) is 0 Å². The number of thiol groups is 1. The Morgan fingerprint density at radius 1 is 1.26 bits per heavy atom. The first-order chi connectivity index (χ1) is 13.1. The number of rotatable bonds is 9. The smallest absolute Gasteiger partial charge is 0.294 e. The first-order valence-corrected chi connectivity index (χ1v) is 9.25. The second-order valence-corrected chi connectivity index (χ2v) is 7.02. The van der Waals surface area contributed by atoms with Gasteiger partial charge in [-0.1, -0.05) is 42.5 Å². The van der Waals surface area contributed by atoms with E-state index in [-0.39, 0.29) is 11.9 Å². The maximum absolute atomic E-state index is 10.5. The van der Waals surface area contributed by atoms with Gasteiger partial charge in [0.25, 0.3) is 5.09 Å². The van der Waals surface area contributed by atoms with Crippen molar-refractivity contribution in [3.05, 3.63) is 69.8 Å². The molecule has 1 aliphatic rings. The van der Waals surface area contributed by atoms with Gasteiger partial charge in [0.15, 0.2) is 11.5 Å². The molecule has 1 heterocycles. The predicted molar refractivity (Wildman–Crippen MR) is 104 cm³/mol. The van der Waals surface area contributed by atoms with Crippen molar-refractivity contribution in [3.8, 4) is 11.5 Å². The Morgan fingerprint density at radius 2 is 2.07 bits per heavy atom. The molecule has 0 radical (unpaired) electrons. The fourth-order valence-corrected chi connectivity index (χ4v) is 3.10. The van der Waals surface area contributed by atoms with Crippen molar-refractivity contribution in [2.45, 2.75) is 24.3 Å². The number of ether oxygens (including phenoxy) is 2. The first-order valence-electron chi connectivity index (χ1n) is 8.73. The molecule has 0 spiro atoms. The molecule has 0 aromatic heterocycles. The van der Waals surface area contributed by atoms with E-state index >= 15 is 0 Å². The maximum Gasteiger partial charge on any atom is 0.294 e. The summed E-state index contributed by atoms with van der Waals surface area (Å²) < 4.78 is 11.5. The molecule has 3 rings (SSSR count). The van der Waals surface area contributed by atoms with E-state index in [9.17, 15) is 10.1 Å². The van der Waals surface area contributed by atoms with Crippen molar-refractivity contribution in [3.63, 3.8) is 0 Å². The Hall–Kier alpha value is -2.45. The van der Waals surface area contributed by atoms with E-state index in [1.807, 2.05) is 36.4 Å². The average molecular weight is 390 g/mol. The number of hydrogen-bond donors (Lipinski definition) is 2. The number of fused-ring (bicyclic) bond motifs is 1. The molecule has 2 aromatic carbocycles. The fourth-order valence-electron chi connectivity index (χ4n) is 2.89. The van der Waals surface area contributed by atoms with Crippen LogP contribution in [0.15, 0.2) is 48.5 Å². The van der Waals surface area contributed by atoms with Crippen molar-refractivity contribution in [2.24, 2.45) is 0 Å². The summed E-state index contributed by atoms with van der Waals surface area (Å²) in [6.07, 6.45) is -0.182. The van der Waals surface area contributed by atoms with Crippen LogP contribution in [0.2, 0.25) is 0 Å². The average Bonchev–Trinajstić information content (AvgIpc) is 2.66. The molecule has 0 amide bonds. The molecular weight excluding hydrogens is 368 g/mol. The van der Waals surface area contributed by atoms with E-state index in [1.54, 1.807) is 0 Å². The largest absolute Gasteiger partial charge is 0.488 e. The van der Waals surface area contributed by atoms with E-state index < -0.39 is 11.2 Å². The third-order valence-electron chi connectivity index (χ3n) is 4.14. The second-order valence-electron chi connectivity index (χ2n) is 6.29. The zero-order chi connectivity index (χ0) is 19.1. The summed E-state index contributed by atoms with van der Waals surface area (Å²) in [4.78, 5) is 15.1. The Labute approximate surface area is 163 Å². The van der Waals surface area contributed by atoms with Gasteiger partial charge >= 0.3 is 0 Å². The highest BCUT2D eigenvalue weighted by Gasteiger charge is 2.25. The lowest BCUT2D eigenvalue weighted by Gasteiger charge is -2.25. The van der Waals surface area contributed by atoms with Crippen LogP contribution in [0, 0.1) is 10.1 Å². The summed E-state index contributed by atoms with van der Waals surface area (Å²) in [5.41, 5.74) is 2.06. The zero-order valence-corrected chi connectivity index (χ0v) is 15.6. The van der Waals surface area contributed by atoms with Gasteiger partial charge in [-0.15, -0.1) is 10.1 Å². The molecule has 0 fully saturated rings. The molecule has 2 unspecified atom stereocenters. The predicted octanol–water partition coefficient (Wildman–Crippen LogP) is 2.67. The highest BCUT2D eigenvalue weighted by atomic mass is 32.1. The van der Waals surface area contributed by atoms with Crippen molar-refractivity contribution in [1.82, 2.24) is 5.32 Å². The van der Waals surface area contributed by atoms with Crippen LogP contribution in [-0.4, -0.2) is 36.2 Å². The minimum Gasteiger partial charge on any atom is -0.488 e. The highest BCUT2D eigenvalue weighted by Crippen LogP contribution is 2.35. The summed E-state index contributed by atoms with van der Waals surface area (Å²) in [6.45, 7) is 2.02. The number of benzene rings is 2. The SMILES string of the molecule is O=[N+]([O-])OC1COc2c(cccc2OCC(S)CNCc2ccccc2)C1. The number of hydrogen-bond acceptors (Lipinski definition) is 7. The van der Waals surface area contributed by atoms with Crippen LogP contribution in [0.5, 0.6) is 11.5 Å². The van der Waals surface area contributed by atoms with Gasteiger partial charge in [-0.2, -0.15) is 12.6 Å². The minimum atomic E-state index is -0.784. The molecule has 0 aliphatic carbocycles. The van der Waals surface area contributed by atoms with Gasteiger partial charge < -0.3 is 19.6 Å². The van der Waals surface area contributed by atoms with Gasteiger partial charge in [0.05, 0.1) is 0 Å². The lowest BCUT2D eigenvalue weighted by atomic mass is 10.0. The first kappa shape index (κ1) is 19.3. The summed E-state index contributed by atoms with van der Waals surface area (Å²) in [7, 11) is 0. The van der Waals surface area contributed by atoms with Gasteiger partial charge in [-0.25, -0.2) is 0 Å². The van der Waals surface area contributed by atoms with Crippen molar-refractivity contribution < 1.29 is 19.4 Å². The third kappa shape index (κ3) is 5.77. The van der Waals surface area contributed by atoms with Gasteiger partial charge in [-0.3, -0.25) is 0 Å². The highest BCUT2D eigenvalue weighted by molar-refractivity contribution is 7.81. The molecule has 2 aromatic rings. The molecule has 2 atom stereocenters. The van der Waals surface area contributed by atoms with Crippen LogP contribution >= 0.6 is 12.6 Å². The Morgan fingerprint density at radius 3 is 2.85 bits per heavy atom. The normalized spacial score (nSPS) is 16.7. The lowest BCUT2D eigenvalue weighted by Crippen LogP contribution is -2.31. The summed E-state index contributed by atoms with van der Waals surface area (Å²) in [5, 5.41) is 13.1. The van der Waals surface area contributed by atoms with E-state index in [2.05, 4.69) is 34.9 Å². The van der Waals surface area contributed by atoms with E-state index in [0.29, 0.717) is 31.1 Å². The molecule has 0 saturated carbocycles. The standard InChI is InChI=1S/C19H22N2O5S/c22-21(23)26-16-9-15-7-4-8-18(19(15)25-12-16)24-13-17(27)11-20-10-14-5-2-1-3-6-14/h1-8,16-17,20,27H,9-13H2. The molecule has 1 aliphatic heterocycles. The van der Waals surface area contributed by atoms with Crippen LogP contribution in [-0.2, 0) is 17.8 Å². The quantitative estimate of drug-likeness (QED) is 0.389. The van der Waals surface area contributed by atoms with E-state index in [1.165, 1.54) is 5.56 Å². The number of nitrogens with one attached hydrogen (secondary N) is 1. The molecule has 1 N–H and O–H groups in total. The van der Waals surface area contributed by atoms with E-state index in [4.69, 9.17) is 9.47 Å². The molecule has 7 nitrogen and oxygen atoms in total. The second kappa shape index (κ2) is 9.48. The van der Waals surface area contributed by atoms with Gasteiger partial charge in [0.2, 0.25) is 0 Å². The molecule has 144 valence electrons. The summed E-state index contributed by atoms with van der Waals surface area (Å²) >= 11 is 4.56. The van der Waals surface area contributed by atoms with Crippen molar-refractivity contribution in [2.75, 3.05) is 19.8 Å². The Balaban J connectivity index is 1.48. The molecule has 0 saturated heterocycles.